The molecule has 1 saturated heterocycles. The maximum Gasteiger partial charge on any atom is 0.225 e. The van der Waals surface area contributed by atoms with Gasteiger partial charge in [-0.15, -0.1) is 0 Å². The van der Waals surface area contributed by atoms with Crippen molar-refractivity contribution in [2.75, 3.05) is 13.1 Å². The number of nitrogens with zero attached hydrogens (tertiary/aromatic N) is 3. The molecule has 1 unspecified atom stereocenters. The fourth-order valence-electron chi connectivity index (χ4n) is 2.72. The van der Waals surface area contributed by atoms with Crippen LogP contribution in [0.5, 0.6) is 0 Å². The van der Waals surface area contributed by atoms with E-state index in [0.29, 0.717) is 19.5 Å². The lowest BCUT2D eigenvalue weighted by Gasteiger charge is -2.31. The van der Waals surface area contributed by atoms with Crippen LogP contribution in [0.25, 0.3) is 0 Å². The Hall–Kier alpha value is -1.85. The van der Waals surface area contributed by atoms with Gasteiger partial charge in [0.15, 0.2) is 0 Å². The molecule has 1 fully saturated rings. The third-order valence-corrected chi connectivity index (χ3v) is 3.93. The average molecular weight is 306 g/mol. The lowest BCUT2D eigenvalue weighted by molar-refractivity contribution is -0.132. The molecule has 0 aliphatic carbocycles. The van der Waals surface area contributed by atoms with Crippen LogP contribution in [-0.4, -0.2) is 45.1 Å². The Morgan fingerprint density at radius 2 is 2.18 bits per heavy atom. The number of aryl methyl sites for hydroxylation is 2. The standard InChI is InChI=1S/C16H26N4O2/c1-12-9-18-19(10-12)7-5-6-17-15(22)13-8-14(21)20(11-13)16(2,3)4/h9-10,13H,5-8,11H2,1-4H3,(H,17,22). The normalized spacial score (nSPS) is 18.8. The van der Waals surface area contributed by atoms with Crippen molar-refractivity contribution >= 4 is 11.8 Å². The molecule has 6 nitrogen and oxygen atoms in total. The summed E-state index contributed by atoms with van der Waals surface area (Å²) in [5, 5.41) is 7.14. The van der Waals surface area contributed by atoms with Gasteiger partial charge in [-0.25, -0.2) is 0 Å². The van der Waals surface area contributed by atoms with Gasteiger partial charge in [0.2, 0.25) is 11.8 Å². The SMILES string of the molecule is Cc1cnn(CCCNC(=O)C2CC(=O)N(C(C)(C)C)C2)c1. The van der Waals surface area contributed by atoms with Crippen molar-refractivity contribution in [3.63, 3.8) is 0 Å². The minimum absolute atomic E-state index is 0.0169. The van der Waals surface area contributed by atoms with Gasteiger partial charge >= 0.3 is 0 Å². The number of likely N-dealkylation sites (tertiary alicyclic amines) is 1. The molecule has 6 heteroatoms. The van der Waals surface area contributed by atoms with Crippen molar-refractivity contribution in [2.45, 2.75) is 52.6 Å². The Morgan fingerprint density at radius 3 is 2.73 bits per heavy atom. The van der Waals surface area contributed by atoms with Gasteiger partial charge in [-0.1, -0.05) is 0 Å². The zero-order chi connectivity index (χ0) is 16.3. The molecule has 2 heterocycles. The van der Waals surface area contributed by atoms with Crippen LogP contribution in [0.15, 0.2) is 12.4 Å². The Balaban J connectivity index is 1.73. The van der Waals surface area contributed by atoms with Gasteiger partial charge in [-0.3, -0.25) is 14.3 Å². The highest BCUT2D eigenvalue weighted by atomic mass is 16.2. The molecule has 0 bridgehead atoms. The van der Waals surface area contributed by atoms with Crippen LogP contribution < -0.4 is 5.32 Å². The smallest absolute Gasteiger partial charge is 0.225 e. The lowest BCUT2D eigenvalue weighted by Crippen LogP contribution is -2.43. The summed E-state index contributed by atoms with van der Waals surface area (Å²) in [6, 6.07) is 0. The largest absolute Gasteiger partial charge is 0.356 e. The van der Waals surface area contributed by atoms with Crippen molar-refractivity contribution in [1.29, 1.82) is 0 Å². The molecule has 0 radical (unpaired) electrons. The number of carbonyl (C=O) groups excluding carboxylic acids is 2. The zero-order valence-corrected chi connectivity index (χ0v) is 13.9. The highest BCUT2D eigenvalue weighted by Gasteiger charge is 2.39. The van der Waals surface area contributed by atoms with E-state index in [2.05, 4.69) is 10.4 Å². The molecule has 1 aromatic heterocycles. The summed E-state index contributed by atoms with van der Waals surface area (Å²) in [4.78, 5) is 25.9. The first-order valence-electron chi connectivity index (χ1n) is 7.84. The minimum Gasteiger partial charge on any atom is -0.356 e. The summed E-state index contributed by atoms with van der Waals surface area (Å²) in [7, 11) is 0. The maximum atomic E-state index is 12.2. The molecule has 122 valence electrons. The summed E-state index contributed by atoms with van der Waals surface area (Å²) in [6.07, 6.45) is 4.96. The summed E-state index contributed by atoms with van der Waals surface area (Å²) in [5.74, 6) is -0.171. The fraction of sp³-hybridized carbons (Fsp3) is 0.688. The van der Waals surface area contributed by atoms with Crippen molar-refractivity contribution in [2.24, 2.45) is 5.92 Å². The topological polar surface area (TPSA) is 67.2 Å². The van der Waals surface area contributed by atoms with E-state index in [1.807, 2.05) is 44.8 Å². The quantitative estimate of drug-likeness (QED) is 0.835. The second kappa shape index (κ2) is 6.50. The van der Waals surface area contributed by atoms with Crippen molar-refractivity contribution in [1.82, 2.24) is 20.0 Å². The zero-order valence-electron chi connectivity index (χ0n) is 13.9. The molecular weight excluding hydrogens is 280 g/mol. The van der Waals surface area contributed by atoms with E-state index in [1.54, 1.807) is 4.90 Å². The van der Waals surface area contributed by atoms with Gasteiger partial charge in [0.05, 0.1) is 12.1 Å². The molecule has 1 N–H and O–H groups in total. The number of rotatable bonds is 5. The predicted molar refractivity (Wildman–Crippen MR) is 84.2 cm³/mol. The van der Waals surface area contributed by atoms with Gasteiger partial charge < -0.3 is 10.2 Å². The van der Waals surface area contributed by atoms with Crippen molar-refractivity contribution < 1.29 is 9.59 Å². The third-order valence-electron chi connectivity index (χ3n) is 3.93. The number of nitrogens with one attached hydrogen (secondary N) is 1. The molecule has 1 aromatic rings. The van der Waals surface area contributed by atoms with E-state index in [0.717, 1.165) is 18.5 Å². The molecular formula is C16H26N4O2. The summed E-state index contributed by atoms with van der Waals surface area (Å²) in [6.45, 7) is 9.91. The molecule has 2 rings (SSSR count). The highest BCUT2D eigenvalue weighted by molar-refractivity contribution is 5.89. The van der Waals surface area contributed by atoms with Gasteiger partial charge in [0.1, 0.15) is 0 Å². The Morgan fingerprint density at radius 1 is 1.45 bits per heavy atom. The van der Waals surface area contributed by atoms with E-state index in [4.69, 9.17) is 0 Å². The number of amides is 2. The number of hydrogen-bond donors (Lipinski definition) is 1. The van der Waals surface area contributed by atoms with Gasteiger partial charge in [-0.05, 0) is 39.7 Å². The summed E-state index contributed by atoms with van der Waals surface area (Å²) in [5.41, 5.74) is 0.917. The third kappa shape index (κ3) is 4.08. The Labute approximate surface area is 131 Å². The summed E-state index contributed by atoms with van der Waals surface area (Å²) >= 11 is 0. The Kier molecular flexibility index (Phi) is 4.88. The first-order chi connectivity index (χ1) is 10.3. The van der Waals surface area contributed by atoms with Crippen LogP contribution in [-0.2, 0) is 16.1 Å². The van der Waals surface area contributed by atoms with Crippen LogP contribution in [0.4, 0.5) is 0 Å². The van der Waals surface area contributed by atoms with Crippen LogP contribution in [0.1, 0.15) is 39.2 Å². The predicted octanol–water partition coefficient (Wildman–Crippen LogP) is 1.34. The van der Waals surface area contributed by atoms with E-state index in [9.17, 15) is 9.59 Å². The number of carbonyl (C=O) groups is 2. The van der Waals surface area contributed by atoms with Crippen LogP contribution in [0.3, 0.4) is 0 Å². The molecule has 2 amide bonds. The second-order valence-corrected chi connectivity index (χ2v) is 7.00. The van der Waals surface area contributed by atoms with Crippen LogP contribution in [0, 0.1) is 12.8 Å². The first-order valence-corrected chi connectivity index (χ1v) is 7.84. The fourth-order valence-corrected chi connectivity index (χ4v) is 2.72. The Bertz CT molecular complexity index is 545. The average Bonchev–Trinajstić information content (AvgIpc) is 3.00. The maximum absolute atomic E-state index is 12.2. The minimum atomic E-state index is -0.223. The molecule has 0 spiro atoms. The molecule has 0 aromatic carbocycles. The van der Waals surface area contributed by atoms with Crippen molar-refractivity contribution in [3.8, 4) is 0 Å². The second-order valence-electron chi connectivity index (χ2n) is 7.00. The highest BCUT2D eigenvalue weighted by Crippen LogP contribution is 2.25. The molecule has 1 aliphatic rings. The van der Waals surface area contributed by atoms with Crippen LogP contribution in [0.2, 0.25) is 0 Å². The van der Waals surface area contributed by atoms with E-state index in [1.165, 1.54) is 0 Å². The van der Waals surface area contributed by atoms with Gasteiger partial charge in [0, 0.05) is 37.8 Å². The van der Waals surface area contributed by atoms with Crippen molar-refractivity contribution in [3.05, 3.63) is 18.0 Å². The lowest BCUT2D eigenvalue weighted by atomic mass is 10.1. The van der Waals surface area contributed by atoms with Crippen LogP contribution >= 0.6 is 0 Å². The van der Waals surface area contributed by atoms with Gasteiger partial charge in [0.25, 0.3) is 0 Å². The molecule has 1 atom stereocenters. The first kappa shape index (κ1) is 16.5. The van der Waals surface area contributed by atoms with E-state index >= 15 is 0 Å². The molecule has 0 saturated carbocycles. The number of hydrogen-bond acceptors (Lipinski definition) is 3. The molecule has 1 aliphatic heterocycles. The summed E-state index contributed by atoms with van der Waals surface area (Å²) < 4.78 is 1.88. The molecule has 22 heavy (non-hydrogen) atoms. The van der Waals surface area contributed by atoms with E-state index < -0.39 is 0 Å². The monoisotopic (exact) mass is 306 g/mol. The number of aromatic nitrogens is 2. The van der Waals surface area contributed by atoms with Gasteiger partial charge in [-0.2, -0.15) is 5.10 Å². The van der Waals surface area contributed by atoms with E-state index in [-0.39, 0.29) is 23.3 Å².